The van der Waals surface area contributed by atoms with E-state index in [-0.39, 0.29) is 0 Å². The molecular weight excluding hydrogens is 174 g/mol. The molecule has 0 saturated heterocycles. The summed E-state index contributed by atoms with van der Waals surface area (Å²) in [7, 11) is 0. The Labute approximate surface area is 84.0 Å². The van der Waals surface area contributed by atoms with E-state index in [2.05, 4.69) is 30.1 Å². The predicted octanol–water partition coefficient (Wildman–Crippen LogP) is 2.36. The van der Waals surface area contributed by atoms with Crippen LogP contribution in [0.4, 0.5) is 0 Å². The van der Waals surface area contributed by atoms with Crippen LogP contribution in [0.3, 0.4) is 0 Å². The van der Waals surface area contributed by atoms with Crippen LogP contribution in [0.1, 0.15) is 36.2 Å². The highest BCUT2D eigenvalue weighted by atomic mass is 16.1. The highest BCUT2D eigenvalue weighted by Crippen LogP contribution is 2.23. The third-order valence-electron chi connectivity index (χ3n) is 2.82. The minimum atomic E-state index is 0.318. The van der Waals surface area contributed by atoms with Gasteiger partial charge in [0.25, 0.3) is 0 Å². The molecule has 0 radical (unpaired) electrons. The molecule has 0 bridgehead atoms. The van der Waals surface area contributed by atoms with Crippen molar-refractivity contribution in [3.8, 4) is 0 Å². The molecule has 1 aliphatic carbocycles. The van der Waals surface area contributed by atoms with Gasteiger partial charge in [0.1, 0.15) is 6.29 Å². The quantitative estimate of drug-likeness (QED) is 0.574. The van der Waals surface area contributed by atoms with Crippen molar-refractivity contribution in [2.45, 2.75) is 32.1 Å². The number of carbonyl (C=O) groups excluding carboxylic acids is 1. The first-order valence-electron chi connectivity index (χ1n) is 5.10. The minimum Gasteiger partial charge on any atom is -0.362 e. The van der Waals surface area contributed by atoms with E-state index >= 15 is 0 Å². The molecule has 2 nitrogen and oxygen atoms in total. The number of rotatable bonds is 3. The zero-order valence-corrected chi connectivity index (χ0v) is 8.42. The number of hydrogen-bond acceptors (Lipinski definition) is 1. The standard InChI is InChI=1S/C12H15NO/c1-9(6-7-14)12-8-10-4-2-3-5-11(10)13-12/h2-3,7-9,13H,4-6H2,1H3. The highest BCUT2D eigenvalue weighted by molar-refractivity contribution is 5.51. The number of fused-ring (bicyclic) bond motifs is 1. The molecule has 1 heterocycles. The minimum absolute atomic E-state index is 0.318. The molecule has 1 aromatic heterocycles. The molecule has 2 rings (SSSR count). The first-order valence-corrected chi connectivity index (χ1v) is 5.10. The van der Waals surface area contributed by atoms with Gasteiger partial charge in [0, 0.05) is 30.1 Å². The van der Waals surface area contributed by atoms with Gasteiger partial charge in [0.2, 0.25) is 0 Å². The molecular formula is C12H15NO. The first kappa shape index (κ1) is 9.25. The van der Waals surface area contributed by atoms with Crippen molar-refractivity contribution in [2.75, 3.05) is 0 Å². The van der Waals surface area contributed by atoms with E-state index in [0.29, 0.717) is 12.3 Å². The third-order valence-corrected chi connectivity index (χ3v) is 2.82. The highest BCUT2D eigenvalue weighted by Gasteiger charge is 2.12. The Kier molecular flexibility index (Phi) is 2.53. The maximum atomic E-state index is 10.4. The van der Waals surface area contributed by atoms with E-state index in [4.69, 9.17) is 0 Å². The number of aromatic nitrogens is 1. The van der Waals surface area contributed by atoms with Gasteiger partial charge in [-0.05, 0) is 18.1 Å². The Morgan fingerprint density at radius 1 is 1.50 bits per heavy atom. The molecule has 0 spiro atoms. The van der Waals surface area contributed by atoms with Crippen molar-refractivity contribution in [3.05, 3.63) is 35.2 Å². The molecule has 0 fully saturated rings. The fourth-order valence-electron chi connectivity index (χ4n) is 1.88. The van der Waals surface area contributed by atoms with Gasteiger partial charge >= 0.3 is 0 Å². The lowest BCUT2D eigenvalue weighted by atomic mass is 10.0. The van der Waals surface area contributed by atoms with Crippen LogP contribution in [-0.4, -0.2) is 11.3 Å². The molecule has 0 aliphatic heterocycles. The van der Waals surface area contributed by atoms with Gasteiger partial charge in [-0.1, -0.05) is 19.1 Å². The molecule has 0 amide bonds. The Balaban J connectivity index is 2.20. The van der Waals surface area contributed by atoms with Gasteiger partial charge < -0.3 is 9.78 Å². The zero-order chi connectivity index (χ0) is 9.97. The topological polar surface area (TPSA) is 32.9 Å². The summed E-state index contributed by atoms with van der Waals surface area (Å²) in [6, 6.07) is 2.20. The van der Waals surface area contributed by atoms with Crippen molar-refractivity contribution >= 4 is 6.29 Å². The largest absolute Gasteiger partial charge is 0.362 e. The maximum absolute atomic E-state index is 10.4. The number of allylic oxidation sites excluding steroid dienone is 2. The van der Waals surface area contributed by atoms with Crippen LogP contribution in [0.5, 0.6) is 0 Å². The summed E-state index contributed by atoms with van der Waals surface area (Å²) in [6.45, 7) is 2.08. The number of nitrogens with one attached hydrogen (secondary N) is 1. The molecule has 74 valence electrons. The molecule has 1 aromatic rings. The summed E-state index contributed by atoms with van der Waals surface area (Å²) in [5.41, 5.74) is 3.91. The van der Waals surface area contributed by atoms with Gasteiger partial charge in [-0.25, -0.2) is 0 Å². The number of aldehydes is 1. The van der Waals surface area contributed by atoms with Gasteiger partial charge in [-0.15, -0.1) is 0 Å². The van der Waals surface area contributed by atoms with Crippen LogP contribution in [0.2, 0.25) is 0 Å². The SMILES string of the molecule is CC(CC=O)c1cc2c([nH]1)CC=CC2. The smallest absolute Gasteiger partial charge is 0.120 e. The van der Waals surface area contributed by atoms with Crippen molar-refractivity contribution in [3.63, 3.8) is 0 Å². The van der Waals surface area contributed by atoms with Gasteiger partial charge in [0.15, 0.2) is 0 Å². The van der Waals surface area contributed by atoms with E-state index in [1.807, 2.05) is 0 Å². The normalized spacial score (nSPS) is 16.4. The van der Waals surface area contributed by atoms with E-state index in [0.717, 1.165) is 19.1 Å². The summed E-state index contributed by atoms with van der Waals surface area (Å²) in [5.74, 6) is 0.318. The molecule has 2 heteroatoms. The summed E-state index contributed by atoms with van der Waals surface area (Å²) in [4.78, 5) is 13.8. The molecule has 1 atom stereocenters. The van der Waals surface area contributed by atoms with Crippen LogP contribution >= 0.6 is 0 Å². The van der Waals surface area contributed by atoms with Gasteiger partial charge in [-0.3, -0.25) is 0 Å². The van der Waals surface area contributed by atoms with Crippen molar-refractivity contribution in [1.29, 1.82) is 0 Å². The molecule has 1 N–H and O–H groups in total. The second-order valence-corrected chi connectivity index (χ2v) is 3.91. The van der Waals surface area contributed by atoms with Crippen LogP contribution in [0.15, 0.2) is 18.2 Å². The van der Waals surface area contributed by atoms with Crippen LogP contribution < -0.4 is 0 Å². The number of carbonyl (C=O) groups is 1. The monoisotopic (exact) mass is 189 g/mol. The Morgan fingerprint density at radius 2 is 2.29 bits per heavy atom. The lowest BCUT2D eigenvalue weighted by molar-refractivity contribution is -0.108. The first-order chi connectivity index (χ1) is 6.81. The predicted molar refractivity (Wildman–Crippen MR) is 56.4 cm³/mol. The molecule has 0 aromatic carbocycles. The average molecular weight is 189 g/mol. The van der Waals surface area contributed by atoms with E-state index in [9.17, 15) is 4.79 Å². The number of aromatic amines is 1. The number of hydrogen-bond donors (Lipinski definition) is 1. The van der Waals surface area contributed by atoms with Crippen molar-refractivity contribution < 1.29 is 4.79 Å². The Morgan fingerprint density at radius 3 is 3.00 bits per heavy atom. The fourth-order valence-corrected chi connectivity index (χ4v) is 1.88. The second kappa shape index (κ2) is 3.82. The van der Waals surface area contributed by atoms with Crippen molar-refractivity contribution in [1.82, 2.24) is 4.98 Å². The van der Waals surface area contributed by atoms with E-state index < -0.39 is 0 Å². The number of H-pyrrole nitrogens is 1. The lowest BCUT2D eigenvalue weighted by Crippen LogP contribution is -1.95. The van der Waals surface area contributed by atoms with E-state index in [1.165, 1.54) is 17.0 Å². The van der Waals surface area contributed by atoms with Crippen LogP contribution in [0.25, 0.3) is 0 Å². The summed E-state index contributed by atoms with van der Waals surface area (Å²) in [5, 5.41) is 0. The summed E-state index contributed by atoms with van der Waals surface area (Å²) in [6.07, 6.45) is 8.01. The van der Waals surface area contributed by atoms with Gasteiger partial charge in [0.05, 0.1) is 0 Å². The molecule has 1 aliphatic rings. The van der Waals surface area contributed by atoms with Crippen molar-refractivity contribution in [2.24, 2.45) is 0 Å². The maximum Gasteiger partial charge on any atom is 0.120 e. The second-order valence-electron chi connectivity index (χ2n) is 3.91. The fraction of sp³-hybridized carbons (Fsp3) is 0.417. The summed E-state index contributed by atoms with van der Waals surface area (Å²) < 4.78 is 0. The van der Waals surface area contributed by atoms with Crippen LogP contribution in [-0.2, 0) is 17.6 Å². The average Bonchev–Trinajstić information content (AvgIpc) is 2.61. The third kappa shape index (κ3) is 1.65. The lowest BCUT2D eigenvalue weighted by Gasteiger charge is -2.04. The van der Waals surface area contributed by atoms with Gasteiger partial charge in [-0.2, -0.15) is 0 Å². The Bertz CT molecular complexity index is 337. The van der Waals surface area contributed by atoms with Crippen LogP contribution in [0, 0.1) is 0 Å². The van der Waals surface area contributed by atoms with E-state index in [1.54, 1.807) is 0 Å². The Hall–Kier alpha value is -1.31. The summed E-state index contributed by atoms with van der Waals surface area (Å²) >= 11 is 0. The zero-order valence-electron chi connectivity index (χ0n) is 8.42. The molecule has 1 unspecified atom stereocenters. The molecule has 0 saturated carbocycles. The molecule has 14 heavy (non-hydrogen) atoms.